The third-order valence-electron chi connectivity index (χ3n) is 3.43. The molecule has 0 aliphatic carbocycles. The van der Waals surface area contributed by atoms with E-state index < -0.39 is 0 Å². The van der Waals surface area contributed by atoms with Crippen LogP contribution in [-0.2, 0) is 0 Å². The van der Waals surface area contributed by atoms with Crippen LogP contribution in [0.25, 0.3) is 27.3 Å². The lowest BCUT2D eigenvalue weighted by Crippen LogP contribution is -1.86. The second-order valence-electron chi connectivity index (χ2n) is 4.92. The lowest BCUT2D eigenvalue weighted by Gasteiger charge is -2.02. The first-order valence-electron chi connectivity index (χ1n) is 6.69. The van der Waals surface area contributed by atoms with Crippen LogP contribution in [0.1, 0.15) is 0 Å². The lowest BCUT2D eigenvalue weighted by molar-refractivity contribution is 0.628. The summed E-state index contributed by atoms with van der Waals surface area (Å²) in [5.41, 5.74) is 3.52. The van der Waals surface area contributed by atoms with Crippen molar-refractivity contribution in [2.75, 3.05) is 0 Å². The molecule has 1 aromatic carbocycles. The van der Waals surface area contributed by atoms with Crippen molar-refractivity contribution < 1.29 is 4.39 Å². The summed E-state index contributed by atoms with van der Waals surface area (Å²) in [6.07, 6.45) is 3.91. The maximum Gasteiger partial charge on any atom is 0.137 e. The molecular formula is C17H10ClFN2S. The molecule has 0 saturated carbocycles. The molecule has 0 radical (unpaired) electrons. The maximum atomic E-state index is 13.4. The summed E-state index contributed by atoms with van der Waals surface area (Å²) < 4.78 is 16.1. The van der Waals surface area contributed by atoms with Crippen LogP contribution in [-0.4, -0.2) is 9.38 Å². The van der Waals surface area contributed by atoms with Crippen LogP contribution in [0.3, 0.4) is 0 Å². The van der Waals surface area contributed by atoms with Gasteiger partial charge in [0.05, 0.1) is 14.9 Å². The van der Waals surface area contributed by atoms with E-state index in [1.54, 1.807) is 6.07 Å². The SMILES string of the molecule is Fc1cccc(-c2ccc3nc(-c4ccc(Cl)s4)cn3c2)c1. The van der Waals surface area contributed by atoms with Crippen molar-refractivity contribution in [1.82, 2.24) is 9.38 Å². The number of pyridine rings is 1. The molecule has 0 N–H and O–H groups in total. The maximum absolute atomic E-state index is 13.4. The summed E-state index contributed by atoms with van der Waals surface area (Å²) in [7, 11) is 0. The van der Waals surface area contributed by atoms with Crippen LogP contribution >= 0.6 is 22.9 Å². The molecule has 0 spiro atoms. The third-order valence-corrected chi connectivity index (χ3v) is 4.69. The Labute approximate surface area is 135 Å². The van der Waals surface area contributed by atoms with Crippen molar-refractivity contribution in [3.05, 3.63) is 71.1 Å². The lowest BCUT2D eigenvalue weighted by atomic mass is 10.1. The van der Waals surface area contributed by atoms with Gasteiger partial charge < -0.3 is 4.40 Å². The third kappa shape index (κ3) is 2.40. The summed E-state index contributed by atoms with van der Waals surface area (Å²) in [5, 5.41) is 0. The van der Waals surface area contributed by atoms with Crippen LogP contribution in [0.5, 0.6) is 0 Å². The van der Waals surface area contributed by atoms with Crippen molar-refractivity contribution in [1.29, 1.82) is 0 Å². The van der Waals surface area contributed by atoms with Crippen LogP contribution in [0.15, 0.2) is 60.9 Å². The Balaban J connectivity index is 1.81. The minimum atomic E-state index is -0.239. The van der Waals surface area contributed by atoms with Gasteiger partial charge in [0, 0.05) is 12.4 Å². The zero-order chi connectivity index (χ0) is 15.1. The van der Waals surface area contributed by atoms with Gasteiger partial charge in [-0.05, 0) is 47.5 Å². The minimum Gasteiger partial charge on any atom is -0.306 e. The summed E-state index contributed by atoms with van der Waals surface area (Å²) in [5.74, 6) is -0.239. The Kier molecular flexibility index (Phi) is 3.21. The number of halogens is 2. The van der Waals surface area contributed by atoms with Crippen LogP contribution < -0.4 is 0 Å². The Hall–Kier alpha value is -2.17. The molecule has 0 unspecified atom stereocenters. The number of nitrogens with zero attached hydrogens (tertiary/aromatic N) is 2. The summed E-state index contributed by atoms with van der Waals surface area (Å²) >= 11 is 7.48. The van der Waals surface area contributed by atoms with Crippen molar-refractivity contribution in [2.45, 2.75) is 0 Å². The first kappa shape index (κ1) is 13.5. The predicted molar refractivity (Wildman–Crippen MR) is 88.9 cm³/mol. The minimum absolute atomic E-state index is 0.239. The molecule has 0 bridgehead atoms. The first-order valence-corrected chi connectivity index (χ1v) is 7.89. The van der Waals surface area contributed by atoms with Gasteiger partial charge in [-0.3, -0.25) is 0 Å². The van der Waals surface area contributed by atoms with Gasteiger partial charge in [-0.1, -0.05) is 23.7 Å². The molecule has 0 saturated heterocycles. The molecule has 22 heavy (non-hydrogen) atoms. The van der Waals surface area contributed by atoms with Gasteiger partial charge in [0.2, 0.25) is 0 Å². The average Bonchev–Trinajstić information content (AvgIpc) is 3.12. The number of fused-ring (bicyclic) bond motifs is 1. The molecule has 2 nitrogen and oxygen atoms in total. The van der Waals surface area contributed by atoms with E-state index in [9.17, 15) is 4.39 Å². The highest BCUT2D eigenvalue weighted by atomic mass is 35.5. The fraction of sp³-hybridized carbons (Fsp3) is 0. The molecule has 0 fully saturated rings. The second kappa shape index (κ2) is 5.23. The average molecular weight is 329 g/mol. The number of hydrogen-bond donors (Lipinski definition) is 0. The van der Waals surface area contributed by atoms with Crippen LogP contribution in [0.2, 0.25) is 4.34 Å². The predicted octanol–water partition coefficient (Wildman–Crippen LogP) is 5.52. The van der Waals surface area contributed by atoms with Crippen molar-refractivity contribution in [3.63, 3.8) is 0 Å². The number of aromatic nitrogens is 2. The zero-order valence-corrected chi connectivity index (χ0v) is 12.9. The van der Waals surface area contributed by atoms with E-state index in [2.05, 4.69) is 4.98 Å². The highest BCUT2D eigenvalue weighted by molar-refractivity contribution is 7.19. The molecule has 0 amide bonds. The largest absolute Gasteiger partial charge is 0.306 e. The quantitative estimate of drug-likeness (QED) is 0.473. The zero-order valence-electron chi connectivity index (χ0n) is 11.3. The summed E-state index contributed by atoms with van der Waals surface area (Å²) in [4.78, 5) is 5.62. The van der Waals surface area contributed by atoms with Crippen molar-refractivity contribution in [2.24, 2.45) is 0 Å². The second-order valence-corrected chi connectivity index (χ2v) is 6.64. The van der Waals surface area contributed by atoms with Crippen LogP contribution in [0, 0.1) is 5.82 Å². The highest BCUT2D eigenvalue weighted by Gasteiger charge is 2.08. The smallest absolute Gasteiger partial charge is 0.137 e. The number of imidazole rings is 1. The molecule has 0 atom stereocenters. The summed E-state index contributed by atoms with van der Waals surface area (Å²) in [6.45, 7) is 0. The van der Waals surface area contributed by atoms with Gasteiger partial charge >= 0.3 is 0 Å². The van der Waals surface area contributed by atoms with E-state index in [-0.39, 0.29) is 5.82 Å². The standard InChI is InChI=1S/C17H10ClFN2S/c18-16-6-5-15(22-16)14-10-21-9-12(4-7-17(21)20-14)11-2-1-3-13(19)8-11/h1-10H. The molecule has 4 aromatic rings. The van der Waals surface area contributed by atoms with Gasteiger partial charge in [-0.15, -0.1) is 11.3 Å². The van der Waals surface area contributed by atoms with E-state index >= 15 is 0 Å². The van der Waals surface area contributed by atoms with E-state index in [0.717, 1.165) is 31.7 Å². The molecule has 4 rings (SSSR count). The molecule has 108 valence electrons. The van der Waals surface area contributed by atoms with Gasteiger partial charge in [-0.2, -0.15) is 0 Å². The molecular weight excluding hydrogens is 319 g/mol. The number of hydrogen-bond acceptors (Lipinski definition) is 2. The van der Waals surface area contributed by atoms with Crippen LogP contribution in [0.4, 0.5) is 4.39 Å². The van der Waals surface area contributed by atoms with Crippen molar-refractivity contribution in [3.8, 4) is 21.7 Å². The number of benzene rings is 1. The fourth-order valence-electron chi connectivity index (χ4n) is 2.40. The Morgan fingerprint density at radius 3 is 2.68 bits per heavy atom. The van der Waals surface area contributed by atoms with E-state index in [0.29, 0.717) is 0 Å². The molecule has 0 aliphatic heterocycles. The highest BCUT2D eigenvalue weighted by Crippen LogP contribution is 2.31. The molecule has 3 aromatic heterocycles. The number of thiophene rings is 1. The van der Waals surface area contributed by atoms with Crippen molar-refractivity contribution >= 4 is 28.6 Å². The summed E-state index contributed by atoms with van der Waals surface area (Å²) in [6, 6.07) is 14.3. The Morgan fingerprint density at radius 2 is 1.91 bits per heavy atom. The topological polar surface area (TPSA) is 17.3 Å². The van der Waals surface area contributed by atoms with E-state index in [4.69, 9.17) is 11.6 Å². The molecule has 5 heteroatoms. The molecule has 3 heterocycles. The van der Waals surface area contributed by atoms with E-state index in [1.807, 2.05) is 47.1 Å². The van der Waals surface area contributed by atoms with Gasteiger partial charge in [0.1, 0.15) is 11.5 Å². The normalized spacial score (nSPS) is 11.2. The first-order chi connectivity index (χ1) is 10.7. The van der Waals surface area contributed by atoms with Gasteiger partial charge in [0.15, 0.2) is 0 Å². The molecule has 0 aliphatic rings. The monoisotopic (exact) mass is 328 g/mol. The van der Waals surface area contributed by atoms with Gasteiger partial charge in [-0.25, -0.2) is 9.37 Å². The van der Waals surface area contributed by atoms with Gasteiger partial charge in [0.25, 0.3) is 0 Å². The fourth-order valence-corrected chi connectivity index (χ4v) is 3.40. The van der Waals surface area contributed by atoms with E-state index in [1.165, 1.54) is 23.5 Å². The number of rotatable bonds is 2. The Morgan fingerprint density at radius 1 is 1.00 bits per heavy atom. The Bertz CT molecular complexity index is 974.